The summed E-state index contributed by atoms with van der Waals surface area (Å²) in [5, 5.41) is 0. The van der Waals surface area contributed by atoms with Crippen molar-refractivity contribution >= 4 is 0 Å². The highest BCUT2D eigenvalue weighted by Gasteiger charge is 2.32. The van der Waals surface area contributed by atoms with Crippen LogP contribution >= 0.6 is 0 Å². The van der Waals surface area contributed by atoms with Crippen LogP contribution in [0.1, 0.15) is 41.1 Å². The maximum absolute atomic E-state index is 13.6. The minimum atomic E-state index is -4.59. The number of hydrogen-bond donors (Lipinski definition) is 1. The smallest absolute Gasteiger partial charge is 0.310 e. The maximum atomic E-state index is 13.6. The fourth-order valence-electron chi connectivity index (χ4n) is 3.54. The summed E-state index contributed by atoms with van der Waals surface area (Å²) >= 11 is 0. The second kappa shape index (κ2) is 6.74. The molecule has 1 fully saturated rings. The molecule has 144 valence electrons. The predicted octanol–water partition coefficient (Wildman–Crippen LogP) is 3.44. The lowest BCUT2D eigenvalue weighted by molar-refractivity contribution is -0.137. The number of alkyl halides is 3. The van der Waals surface area contributed by atoms with Gasteiger partial charge in [0.15, 0.2) is 0 Å². The average Bonchev–Trinajstić information content (AvgIpc) is 3.37. The van der Waals surface area contributed by atoms with Gasteiger partial charge >= 0.3 is 6.18 Å². The summed E-state index contributed by atoms with van der Waals surface area (Å²) in [7, 11) is 0. The summed E-state index contributed by atoms with van der Waals surface area (Å²) in [6.07, 6.45) is -1.07. The van der Waals surface area contributed by atoms with E-state index in [1.165, 1.54) is 0 Å². The maximum Gasteiger partial charge on any atom is 0.416 e. The molecule has 0 spiro atoms. The Hall–Kier alpha value is -2.22. The third-order valence-corrected chi connectivity index (χ3v) is 5.07. The number of nitrogens with one attached hydrogen (secondary N) is 1. The van der Waals surface area contributed by atoms with E-state index in [4.69, 9.17) is 0 Å². The Morgan fingerprint density at radius 3 is 2.70 bits per heavy atom. The quantitative estimate of drug-likeness (QED) is 0.826. The van der Waals surface area contributed by atoms with Gasteiger partial charge in [-0.25, -0.2) is 9.37 Å². The zero-order valence-electron chi connectivity index (χ0n) is 14.6. The molecule has 2 aromatic rings. The van der Waals surface area contributed by atoms with E-state index in [9.17, 15) is 22.4 Å². The van der Waals surface area contributed by atoms with Crippen LogP contribution in [-0.4, -0.2) is 21.4 Å². The van der Waals surface area contributed by atoms with Crippen molar-refractivity contribution in [3.8, 4) is 0 Å². The Kier molecular flexibility index (Phi) is 4.53. The molecule has 0 saturated heterocycles. The van der Waals surface area contributed by atoms with Gasteiger partial charge in [-0.2, -0.15) is 13.2 Å². The van der Waals surface area contributed by atoms with E-state index >= 15 is 0 Å². The Labute approximate surface area is 153 Å². The first-order valence-corrected chi connectivity index (χ1v) is 8.98. The first kappa shape index (κ1) is 18.2. The van der Waals surface area contributed by atoms with Gasteiger partial charge in [-0.3, -0.25) is 9.69 Å². The summed E-state index contributed by atoms with van der Waals surface area (Å²) in [6, 6.07) is 2.59. The van der Waals surface area contributed by atoms with Crippen LogP contribution in [-0.2, 0) is 32.1 Å². The van der Waals surface area contributed by atoms with E-state index in [1.54, 1.807) is 0 Å². The highest BCUT2D eigenvalue weighted by atomic mass is 19.4. The van der Waals surface area contributed by atoms with Crippen molar-refractivity contribution in [2.24, 2.45) is 5.92 Å². The number of rotatable bonds is 4. The summed E-state index contributed by atoms with van der Waals surface area (Å²) in [5.74, 6) is 0.353. The van der Waals surface area contributed by atoms with E-state index < -0.39 is 17.6 Å². The Balaban J connectivity index is 1.53. The molecular weight excluding hydrogens is 362 g/mol. The normalized spacial score (nSPS) is 17.8. The topological polar surface area (TPSA) is 49.0 Å². The van der Waals surface area contributed by atoms with Crippen molar-refractivity contribution in [1.29, 1.82) is 0 Å². The number of H-pyrrole nitrogens is 1. The molecule has 1 N–H and O–H groups in total. The van der Waals surface area contributed by atoms with Gasteiger partial charge in [-0.05, 0) is 48.9 Å². The first-order chi connectivity index (χ1) is 12.8. The molecule has 0 amide bonds. The standard InChI is InChI=1S/C19H19F4N3O/c20-14-6-12(5-13(8-14)19(21,22)23)9-26-4-3-15-16(10-26)24-17(25-18(15)27)7-11-1-2-11/h5-6,8,11H,1-4,7,9-10H2,(H,24,25,27). The largest absolute Gasteiger partial charge is 0.416 e. The Morgan fingerprint density at radius 1 is 1.22 bits per heavy atom. The van der Waals surface area contributed by atoms with Crippen LogP contribution in [0.25, 0.3) is 0 Å². The van der Waals surface area contributed by atoms with Crippen LogP contribution in [0.2, 0.25) is 0 Å². The van der Waals surface area contributed by atoms with Crippen LogP contribution in [0.5, 0.6) is 0 Å². The minimum Gasteiger partial charge on any atom is -0.310 e. The summed E-state index contributed by atoms with van der Waals surface area (Å²) < 4.78 is 52.3. The highest BCUT2D eigenvalue weighted by molar-refractivity contribution is 5.28. The number of fused-ring (bicyclic) bond motifs is 1. The van der Waals surface area contributed by atoms with Crippen LogP contribution in [0, 0.1) is 11.7 Å². The zero-order valence-corrected chi connectivity index (χ0v) is 14.6. The SMILES string of the molecule is O=c1[nH]c(CC2CC2)nc2c1CCN(Cc1cc(F)cc(C(F)(F)F)c1)C2. The fourth-order valence-corrected chi connectivity index (χ4v) is 3.54. The van der Waals surface area contributed by atoms with Gasteiger partial charge in [0, 0.05) is 31.6 Å². The Morgan fingerprint density at radius 2 is 2.00 bits per heavy atom. The summed E-state index contributed by atoms with van der Waals surface area (Å²) in [6.45, 7) is 1.05. The third kappa shape index (κ3) is 4.21. The molecule has 1 aromatic carbocycles. The van der Waals surface area contributed by atoms with Crippen LogP contribution < -0.4 is 5.56 Å². The highest BCUT2D eigenvalue weighted by Crippen LogP contribution is 2.32. The number of nitrogens with zero attached hydrogens (tertiary/aromatic N) is 2. The molecule has 4 nitrogen and oxygen atoms in total. The molecule has 8 heteroatoms. The summed E-state index contributed by atoms with van der Waals surface area (Å²) in [4.78, 5) is 21.6. The van der Waals surface area contributed by atoms with Crippen molar-refractivity contribution < 1.29 is 17.6 Å². The molecule has 1 aliphatic carbocycles. The molecule has 1 aliphatic heterocycles. The lowest BCUT2D eigenvalue weighted by Crippen LogP contribution is -2.35. The predicted molar refractivity (Wildman–Crippen MR) is 90.5 cm³/mol. The Bertz CT molecular complexity index is 918. The van der Waals surface area contributed by atoms with Crippen molar-refractivity contribution in [3.63, 3.8) is 0 Å². The molecule has 27 heavy (non-hydrogen) atoms. The second-order valence-corrected chi connectivity index (χ2v) is 7.39. The number of halogens is 4. The number of hydrogen-bond acceptors (Lipinski definition) is 3. The molecule has 0 bridgehead atoms. The van der Waals surface area contributed by atoms with E-state index in [0.717, 1.165) is 31.4 Å². The van der Waals surface area contributed by atoms with Gasteiger partial charge in [0.2, 0.25) is 0 Å². The molecular formula is C19H19F4N3O. The van der Waals surface area contributed by atoms with Gasteiger partial charge in [0.1, 0.15) is 11.6 Å². The lowest BCUT2D eigenvalue weighted by Gasteiger charge is -2.28. The average molecular weight is 381 g/mol. The van der Waals surface area contributed by atoms with E-state index in [0.29, 0.717) is 48.6 Å². The van der Waals surface area contributed by atoms with E-state index in [2.05, 4.69) is 9.97 Å². The number of aromatic amines is 1. The minimum absolute atomic E-state index is 0.125. The molecule has 2 aliphatic rings. The van der Waals surface area contributed by atoms with E-state index in [-0.39, 0.29) is 17.7 Å². The van der Waals surface area contributed by atoms with E-state index in [1.807, 2.05) is 4.90 Å². The van der Waals surface area contributed by atoms with Gasteiger partial charge in [-0.15, -0.1) is 0 Å². The van der Waals surface area contributed by atoms with Crippen molar-refractivity contribution in [2.75, 3.05) is 6.54 Å². The third-order valence-electron chi connectivity index (χ3n) is 5.07. The molecule has 1 aromatic heterocycles. The monoisotopic (exact) mass is 381 g/mol. The van der Waals surface area contributed by atoms with Crippen molar-refractivity contribution in [1.82, 2.24) is 14.9 Å². The molecule has 1 saturated carbocycles. The number of aromatic nitrogens is 2. The zero-order chi connectivity index (χ0) is 19.2. The lowest BCUT2D eigenvalue weighted by atomic mass is 10.0. The molecule has 0 unspecified atom stereocenters. The van der Waals surface area contributed by atoms with Gasteiger partial charge in [0.25, 0.3) is 5.56 Å². The van der Waals surface area contributed by atoms with Crippen LogP contribution in [0.15, 0.2) is 23.0 Å². The second-order valence-electron chi connectivity index (χ2n) is 7.39. The van der Waals surface area contributed by atoms with Crippen molar-refractivity contribution in [3.05, 3.63) is 62.6 Å². The van der Waals surface area contributed by atoms with Gasteiger partial charge in [-0.1, -0.05) is 0 Å². The molecule has 2 heterocycles. The first-order valence-electron chi connectivity index (χ1n) is 8.98. The van der Waals surface area contributed by atoms with Crippen molar-refractivity contribution in [2.45, 2.75) is 44.9 Å². The molecule has 0 radical (unpaired) electrons. The fraction of sp³-hybridized carbons (Fsp3) is 0.474. The summed E-state index contributed by atoms with van der Waals surface area (Å²) in [5.41, 5.74) is 0.458. The van der Waals surface area contributed by atoms with Crippen LogP contribution in [0.3, 0.4) is 0 Å². The van der Waals surface area contributed by atoms with Gasteiger partial charge < -0.3 is 4.98 Å². The molecule has 4 rings (SSSR count). The molecule has 0 atom stereocenters. The van der Waals surface area contributed by atoms with Crippen LogP contribution in [0.4, 0.5) is 17.6 Å². The van der Waals surface area contributed by atoms with Gasteiger partial charge in [0.05, 0.1) is 11.3 Å². The number of benzene rings is 1.